The Labute approximate surface area is 106 Å². The van der Waals surface area contributed by atoms with Crippen molar-refractivity contribution in [2.75, 3.05) is 26.2 Å². The van der Waals surface area contributed by atoms with Crippen LogP contribution in [0.1, 0.15) is 46.0 Å². The van der Waals surface area contributed by atoms with Crippen LogP contribution in [0, 0.1) is 0 Å². The number of aliphatic imine (C=N–C) groups is 1. The first-order valence-electron chi connectivity index (χ1n) is 7.05. The van der Waals surface area contributed by atoms with Gasteiger partial charge in [-0.3, -0.25) is 9.89 Å². The molecule has 1 fully saturated rings. The zero-order valence-corrected chi connectivity index (χ0v) is 11.4. The molecule has 0 aromatic carbocycles. The van der Waals surface area contributed by atoms with E-state index < -0.39 is 0 Å². The molecule has 1 aliphatic rings. The van der Waals surface area contributed by atoms with Gasteiger partial charge in [0.15, 0.2) is 5.96 Å². The molecule has 3 N–H and O–H groups in total. The van der Waals surface area contributed by atoms with Crippen LogP contribution < -0.4 is 11.1 Å². The molecule has 0 radical (unpaired) electrons. The highest BCUT2D eigenvalue weighted by atomic mass is 15.2. The third-order valence-electron chi connectivity index (χ3n) is 3.44. The van der Waals surface area contributed by atoms with Crippen molar-refractivity contribution >= 4 is 5.96 Å². The van der Waals surface area contributed by atoms with Gasteiger partial charge in [-0.1, -0.05) is 20.3 Å². The number of hydrogen-bond acceptors (Lipinski definition) is 2. The Morgan fingerprint density at radius 1 is 1.35 bits per heavy atom. The van der Waals surface area contributed by atoms with Gasteiger partial charge < -0.3 is 11.1 Å². The fourth-order valence-electron chi connectivity index (χ4n) is 2.26. The lowest BCUT2D eigenvalue weighted by Gasteiger charge is -2.24. The van der Waals surface area contributed by atoms with E-state index in [-0.39, 0.29) is 0 Å². The molecule has 1 aliphatic heterocycles. The van der Waals surface area contributed by atoms with Crippen molar-refractivity contribution < 1.29 is 0 Å². The van der Waals surface area contributed by atoms with Gasteiger partial charge in [-0.05, 0) is 38.8 Å². The summed E-state index contributed by atoms with van der Waals surface area (Å²) < 4.78 is 0. The quantitative estimate of drug-likeness (QED) is 0.403. The van der Waals surface area contributed by atoms with Crippen molar-refractivity contribution in [3.05, 3.63) is 0 Å². The van der Waals surface area contributed by atoms with E-state index in [1.54, 1.807) is 0 Å². The number of guanidine groups is 1. The van der Waals surface area contributed by atoms with Crippen molar-refractivity contribution in [2.45, 2.75) is 52.0 Å². The Hall–Kier alpha value is -0.770. The first-order valence-corrected chi connectivity index (χ1v) is 7.05. The number of nitrogens with zero attached hydrogens (tertiary/aromatic N) is 2. The van der Waals surface area contributed by atoms with Gasteiger partial charge in [0.2, 0.25) is 0 Å². The van der Waals surface area contributed by atoms with Crippen molar-refractivity contribution in [3.8, 4) is 0 Å². The zero-order valence-electron chi connectivity index (χ0n) is 11.4. The van der Waals surface area contributed by atoms with Gasteiger partial charge in [0, 0.05) is 12.6 Å². The van der Waals surface area contributed by atoms with Crippen LogP contribution >= 0.6 is 0 Å². The maximum Gasteiger partial charge on any atom is 0.188 e. The summed E-state index contributed by atoms with van der Waals surface area (Å²) in [4.78, 5) is 7.00. The Kier molecular flexibility index (Phi) is 7.01. The minimum atomic E-state index is 0.573. The second-order valence-electron chi connectivity index (χ2n) is 4.81. The molecule has 0 aliphatic carbocycles. The molecule has 1 saturated heterocycles. The smallest absolute Gasteiger partial charge is 0.188 e. The summed E-state index contributed by atoms with van der Waals surface area (Å²) >= 11 is 0. The predicted octanol–water partition coefficient (Wildman–Crippen LogP) is 1.57. The topological polar surface area (TPSA) is 53.6 Å². The van der Waals surface area contributed by atoms with Gasteiger partial charge >= 0.3 is 0 Å². The van der Waals surface area contributed by atoms with Gasteiger partial charge in [-0.25, -0.2) is 0 Å². The molecule has 1 rings (SSSR count). The Morgan fingerprint density at radius 3 is 2.65 bits per heavy atom. The summed E-state index contributed by atoms with van der Waals surface area (Å²) in [7, 11) is 0. The van der Waals surface area contributed by atoms with Gasteiger partial charge in [0.1, 0.15) is 0 Å². The van der Waals surface area contributed by atoms with E-state index in [4.69, 9.17) is 5.73 Å². The zero-order chi connectivity index (χ0) is 12.5. The van der Waals surface area contributed by atoms with Crippen molar-refractivity contribution in [3.63, 3.8) is 0 Å². The van der Waals surface area contributed by atoms with Gasteiger partial charge in [0.05, 0.1) is 6.54 Å². The second kappa shape index (κ2) is 8.34. The summed E-state index contributed by atoms with van der Waals surface area (Å²) in [5.74, 6) is 0.607. The summed E-state index contributed by atoms with van der Waals surface area (Å²) in [5.41, 5.74) is 5.84. The Morgan fingerprint density at radius 2 is 2.06 bits per heavy atom. The van der Waals surface area contributed by atoms with Crippen LogP contribution in [0.3, 0.4) is 0 Å². The highest BCUT2D eigenvalue weighted by molar-refractivity contribution is 5.77. The number of nitrogens with one attached hydrogen (secondary N) is 1. The van der Waals surface area contributed by atoms with Gasteiger partial charge in [-0.15, -0.1) is 0 Å². The largest absolute Gasteiger partial charge is 0.370 e. The third-order valence-corrected chi connectivity index (χ3v) is 3.44. The van der Waals surface area contributed by atoms with E-state index >= 15 is 0 Å². The van der Waals surface area contributed by atoms with E-state index in [0.29, 0.717) is 12.0 Å². The number of likely N-dealkylation sites (tertiary alicyclic amines) is 1. The summed E-state index contributed by atoms with van der Waals surface area (Å²) in [5, 5.41) is 3.16. The molecule has 100 valence electrons. The number of unbranched alkanes of at least 4 members (excludes halogenated alkanes) is 1. The lowest BCUT2D eigenvalue weighted by Crippen LogP contribution is -2.37. The van der Waals surface area contributed by atoms with Crippen LogP contribution in [0.2, 0.25) is 0 Å². The molecule has 1 unspecified atom stereocenters. The van der Waals surface area contributed by atoms with Gasteiger partial charge in [0.25, 0.3) is 0 Å². The van der Waals surface area contributed by atoms with E-state index in [1.165, 1.54) is 32.4 Å². The Balaban J connectivity index is 2.27. The van der Waals surface area contributed by atoms with Crippen LogP contribution in [-0.4, -0.2) is 43.1 Å². The molecule has 1 atom stereocenters. The molecule has 17 heavy (non-hydrogen) atoms. The van der Waals surface area contributed by atoms with E-state index in [0.717, 1.165) is 25.9 Å². The lowest BCUT2D eigenvalue weighted by atomic mass is 10.2. The van der Waals surface area contributed by atoms with Crippen LogP contribution in [-0.2, 0) is 0 Å². The molecular formula is C13H28N4. The monoisotopic (exact) mass is 240 g/mol. The fraction of sp³-hybridized carbons (Fsp3) is 0.923. The maximum atomic E-state index is 5.84. The average Bonchev–Trinajstić information content (AvgIpc) is 2.84. The minimum absolute atomic E-state index is 0.573. The first-order chi connectivity index (χ1) is 8.27. The number of rotatable bonds is 7. The molecule has 0 amide bonds. The van der Waals surface area contributed by atoms with Crippen LogP contribution in [0.25, 0.3) is 0 Å². The third kappa shape index (κ3) is 5.39. The summed E-state index contributed by atoms with van der Waals surface area (Å²) in [6.45, 7) is 8.65. The van der Waals surface area contributed by atoms with Crippen LogP contribution in [0.15, 0.2) is 4.99 Å². The number of nitrogens with two attached hydrogens (primary N) is 1. The lowest BCUT2D eigenvalue weighted by molar-refractivity contribution is 0.242. The van der Waals surface area contributed by atoms with Crippen LogP contribution in [0.4, 0.5) is 0 Å². The highest BCUT2D eigenvalue weighted by Crippen LogP contribution is 2.14. The second-order valence-corrected chi connectivity index (χ2v) is 4.81. The standard InChI is InChI=1S/C13H28N4/c1-3-5-8-15-13(14)16-11-12(4-2)17-9-6-7-10-17/h12H,3-11H2,1-2H3,(H3,14,15,16). The van der Waals surface area contributed by atoms with E-state index in [9.17, 15) is 0 Å². The molecule has 0 aromatic rings. The van der Waals surface area contributed by atoms with Crippen molar-refractivity contribution in [2.24, 2.45) is 10.7 Å². The van der Waals surface area contributed by atoms with Crippen molar-refractivity contribution in [1.29, 1.82) is 0 Å². The average molecular weight is 240 g/mol. The predicted molar refractivity (Wildman–Crippen MR) is 74.3 cm³/mol. The van der Waals surface area contributed by atoms with Crippen molar-refractivity contribution in [1.82, 2.24) is 10.2 Å². The van der Waals surface area contributed by atoms with E-state index in [1.807, 2.05) is 0 Å². The van der Waals surface area contributed by atoms with E-state index in [2.05, 4.69) is 29.1 Å². The normalized spacial score (nSPS) is 19.5. The molecule has 0 bridgehead atoms. The molecule has 4 heteroatoms. The SMILES string of the molecule is CCCCNC(N)=NCC(CC)N1CCCC1. The summed E-state index contributed by atoms with van der Waals surface area (Å²) in [6, 6.07) is 0.573. The first kappa shape index (κ1) is 14.3. The molecule has 4 nitrogen and oxygen atoms in total. The minimum Gasteiger partial charge on any atom is -0.370 e. The number of hydrogen-bond donors (Lipinski definition) is 2. The fourth-order valence-corrected chi connectivity index (χ4v) is 2.26. The Bertz CT molecular complexity index is 221. The molecule has 1 heterocycles. The van der Waals surface area contributed by atoms with Crippen LogP contribution in [0.5, 0.6) is 0 Å². The molecule has 0 aromatic heterocycles. The maximum absolute atomic E-state index is 5.84. The molecule has 0 saturated carbocycles. The van der Waals surface area contributed by atoms with Gasteiger partial charge in [-0.2, -0.15) is 0 Å². The highest BCUT2D eigenvalue weighted by Gasteiger charge is 2.19. The molecule has 0 spiro atoms. The molecular weight excluding hydrogens is 212 g/mol. The summed E-state index contributed by atoms with van der Waals surface area (Å²) in [6.07, 6.45) is 6.17.